The van der Waals surface area contributed by atoms with Gasteiger partial charge < -0.3 is 19.5 Å². The average molecular weight is 456 g/mol. The monoisotopic (exact) mass is 455 g/mol. The molecule has 2 atom stereocenters. The predicted molar refractivity (Wildman–Crippen MR) is 132 cm³/mol. The number of ether oxygens (including phenoxy) is 1. The molecular formula is C26H25N5OS. The number of aromatic nitrogens is 3. The summed E-state index contributed by atoms with van der Waals surface area (Å²) in [6.07, 6.45) is 7.55. The Labute approximate surface area is 198 Å². The quantitative estimate of drug-likeness (QED) is 0.403. The summed E-state index contributed by atoms with van der Waals surface area (Å²) in [7, 11) is 0. The first-order chi connectivity index (χ1) is 16.2. The molecule has 33 heavy (non-hydrogen) atoms. The fourth-order valence-corrected chi connectivity index (χ4v) is 4.63. The predicted octanol–water partition coefficient (Wildman–Crippen LogP) is 4.84. The lowest BCUT2D eigenvalue weighted by Gasteiger charge is -2.29. The second kappa shape index (κ2) is 9.42. The summed E-state index contributed by atoms with van der Waals surface area (Å²) in [6.45, 7) is 3.31. The van der Waals surface area contributed by atoms with Crippen LogP contribution < -0.4 is 10.1 Å². The van der Waals surface area contributed by atoms with Gasteiger partial charge in [-0.2, -0.15) is 0 Å². The zero-order chi connectivity index (χ0) is 22.6. The SMILES string of the molecule is CCOc1ccc(-n2cccc2C2C(c3ccccn3)NC(=S)N2Cc2ccncc2)cc1. The van der Waals surface area contributed by atoms with Gasteiger partial charge in [0.1, 0.15) is 5.75 Å². The molecule has 0 amide bonds. The van der Waals surface area contributed by atoms with Gasteiger partial charge in [-0.05, 0) is 85.4 Å². The van der Waals surface area contributed by atoms with E-state index in [4.69, 9.17) is 17.0 Å². The van der Waals surface area contributed by atoms with Crippen molar-refractivity contribution in [1.82, 2.24) is 24.8 Å². The van der Waals surface area contributed by atoms with Crippen molar-refractivity contribution >= 4 is 17.3 Å². The fraction of sp³-hybridized carbons (Fsp3) is 0.192. The van der Waals surface area contributed by atoms with E-state index in [1.165, 1.54) is 0 Å². The maximum Gasteiger partial charge on any atom is 0.170 e. The van der Waals surface area contributed by atoms with Crippen LogP contribution in [0, 0.1) is 0 Å². The van der Waals surface area contributed by atoms with Gasteiger partial charge in [0.25, 0.3) is 0 Å². The minimum Gasteiger partial charge on any atom is -0.494 e. The van der Waals surface area contributed by atoms with E-state index >= 15 is 0 Å². The second-order valence-corrected chi connectivity index (χ2v) is 8.23. The largest absolute Gasteiger partial charge is 0.494 e. The van der Waals surface area contributed by atoms with Gasteiger partial charge in [-0.1, -0.05) is 6.07 Å². The molecule has 4 aromatic rings. The highest BCUT2D eigenvalue weighted by atomic mass is 32.1. The third-order valence-electron chi connectivity index (χ3n) is 5.81. The molecule has 0 bridgehead atoms. The van der Waals surface area contributed by atoms with Gasteiger partial charge in [-0.15, -0.1) is 0 Å². The minimum absolute atomic E-state index is 0.0397. The molecule has 5 rings (SSSR count). The third kappa shape index (κ3) is 4.32. The van der Waals surface area contributed by atoms with Crippen LogP contribution in [-0.4, -0.2) is 31.2 Å². The molecule has 1 aliphatic heterocycles. The standard InChI is InChI=1S/C26H25N5OS/c1-2-32-21-10-8-20(9-11-21)30-17-5-7-23(30)25-24(22-6-3-4-14-28-22)29-26(33)31(25)18-19-12-15-27-16-13-19/h3-17,24-25H,2,18H2,1H3,(H,29,33). The maximum absolute atomic E-state index is 5.82. The zero-order valence-electron chi connectivity index (χ0n) is 18.3. The summed E-state index contributed by atoms with van der Waals surface area (Å²) >= 11 is 5.82. The number of hydrogen-bond acceptors (Lipinski definition) is 4. The van der Waals surface area contributed by atoms with Crippen LogP contribution in [0.1, 0.15) is 36.0 Å². The number of hydrogen-bond donors (Lipinski definition) is 1. The van der Waals surface area contributed by atoms with Crippen molar-refractivity contribution in [3.63, 3.8) is 0 Å². The van der Waals surface area contributed by atoms with E-state index in [0.29, 0.717) is 18.3 Å². The molecule has 4 heterocycles. The van der Waals surface area contributed by atoms with Gasteiger partial charge in [-0.25, -0.2) is 0 Å². The van der Waals surface area contributed by atoms with E-state index in [-0.39, 0.29) is 12.1 Å². The Morgan fingerprint density at radius 3 is 2.52 bits per heavy atom. The molecule has 0 spiro atoms. The van der Waals surface area contributed by atoms with Crippen LogP contribution in [-0.2, 0) is 6.54 Å². The van der Waals surface area contributed by atoms with E-state index in [9.17, 15) is 0 Å². The first-order valence-electron chi connectivity index (χ1n) is 11.0. The molecule has 3 aromatic heterocycles. The number of thiocarbonyl (C=S) groups is 1. The first kappa shape index (κ1) is 21.2. The smallest absolute Gasteiger partial charge is 0.170 e. The van der Waals surface area contributed by atoms with Gasteiger partial charge in [0.15, 0.2) is 5.11 Å². The summed E-state index contributed by atoms with van der Waals surface area (Å²) in [6, 6.07) is 22.3. The van der Waals surface area contributed by atoms with Crippen LogP contribution in [0.15, 0.2) is 91.5 Å². The van der Waals surface area contributed by atoms with Gasteiger partial charge in [-0.3, -0.25) is 9.97 Å². The number of benzene rings is 1. The van der Waals surface area contributed by atoms with Crippen molar-refractivity contribution in [3.05, 3.63) is 108 Å². The van der Waals surface area contributed by atoms with E-state index in [0.717, 1.165) is 28.4 Å². The Bertz CT molecular complexity index is 1210. The first-order valence-corrected chi connectivity index (χ1v) is 11.4. The van der Waals surface area contributed by atoms with Crippen LogP contribution >= 0.6 is 12.2 Å². The van der Waals surface area contributed by atoms with Crippen LogP contribution in [0.5, 0.6) is 5.75 Å². The normalized spacial score (nSPS) is 17.7. The van der Waals surface area contributed by atoms with Gasteiger partial charge in [0.2, 0.25) is 0 Å². The van der Waals surface area contributed by atoms with Crippen molar-refractivity contribution < 1.29 is 4.74 Å². The molecule has 0 aliphatic carbocycles. The number of pyridine rings is 2. The van der Waals surface area contributed by atoms with E-state index in [2.05, 4.69) is 55.2 Å². The summed E-state index contributed by atoms with van der Waals surface area (Å²) < 4.78 is 7.84. The molecule has 0 saturated carbocycles. The van der Waals surface area contributed by atoms with E-state index in [1.807, 2.05) is 68.0 Å². The van der Waals surface area contributed by atoms with Crippen molar-refractivity contribution in [2.75, 3.05) is 6.61 Å². The molecule has 6 nitrogen and oxygen atoms in total. The van der Waals surface area contributed by atoms with Gasteiger partial charge in [0.05, 0.1) is 24.4 Å². The topological polar surface area (TPSA) is 55.2 Å². The Morgan fingerprint density at radius 2 is 1.79 bits per heavy atom. The van der Waals surface area contributed by atoms with Crippen molar-refractivity contribution in [3.8, 4) is 11.4 Å². The Hall–Kier alpha value is -3.71. The van der Waals surface area contributed by atoms with Crippen molar-refractivity contribution in [2.45, 2.75) is 25.6 Å². The summed E-state index contributed by atoms with van der Waals surface area (Å²) in [5.41, 5.74) is 4.32. The number of nitrogens with zero attached hydrogens (tertiary/aromatic N) is 4. The lowest BCUT2D eigenvalue weighted by Crippen LogP contribution is -2.30. The molecule has 1 aromatic carbocycles. The van der Waals surface area contributed by atoms with Crippen LogP contribution in [0.25, 0.3) is 5.69 Å². The second-order valence-electron chi connectivity index (χ2n) is 7.84. The minimum atomic E-state index is -0.0723. The van der Waals surface area contributed by atoms with Crippen LogP contribution in [0.2, 0.25) is 0 Å². The Kier molecular flexibility index (Phi) is 6.04. The van der Waals surface area contributed by atoms with E-state index in [1.54, 1.807) is 0 Å². The van der Waals surface area contributed by atoms with Crippen LogP contribution in [0.3, 0.4) is 0 Å². The highest BCUT2D eigenvalue weighted by Crippen LogP contribution is 2.40. The molecule has 7 heteroatoms. The van der Waals surface area contributed by atoms with E-state index < -0.39 is 0 Å². The molecule has 1 saturated heterocycles. The van der Waals surface area contributed by atoms with Crippen molar-refractivity contribution in [2.24, 2.45) is 0 Å². The molecule has 2 unspecified atom stereocenters. The third-order valence-corrected chi connectivity index (χ3v) is 6.16. The highest BCUT2D eigenvalue weighted by molar-refractivity contribution is 7.80. The number of nitrogens with one attached hydrogen (secondary N) is 1. The maximum atomic E-state index is 5.82. The van der Waals surface area contributed by atoms with Crippen LogP contribution in [0.4, 0.5) is 0 Å². The van der Waals surface area contributed by atoms with Gasteiger partial charge >= 0.3 is 0 Å². The lowest BCUT2D eigenvalue weighted by atomic mass is 10.0. The molecule has 166 valence electrons. The lowest BCUT2D eigenvalue weighted by molar-refractivity contribution is 0.302. The summed E-state index contributed by atoms with van der Waals surface area (Å²) in [4.78, 5) is 11.0. The Morgan fingerprint density at radius 1 is 0.970 bits per heavy atom. The van der Waals surface area contributed by atoms with Crippen molar-refractivity contribution in [1.29, 1.82) is 0 Å². The molecule has 1 N–H and O–H groups in total. The fourth-order valence-electron chi connectivity index (χ4n) is 4.32. The van der Waals surface area contributed by atoms with Gasteiger partial charge in [0, 0.05) is 42.7 Å². The summed E-state index contributed by atoms with van der Waals surface area (Å²) in [5.74, 6) is 0.865. The highest BCUT2D eigenvalue weighted by Gasteiger charge is 2.41. The molecular weight excluding hydrogens is 430 g/mol. The molecule has 1 fully saturated rings. The molecule has 0 radical (unpaired) electrons. The zero-order valence-corrected chi connectivity index (χ0v) is 19.2. The summed E-state index contributed by atoms with van der Waals surface area (Å²) in [5, 5.41) is 4.24. The number of rotatable bonds is 7. The average Bonchev–Trinajstić information content (AvgIpc) is 3.46. The molecule has 1 aliphatic rings. The Balaban J connectivity index is 1.56.